The molecule has 1 aliphatic carbocycles. The monoisotopic (exact) mass is 526 g/mol. The first-order chi connectivity index (χ1) is 17.5. The van der Waals surface area contributed by atoms with Crippen LogP contribution in [0.15, 0.2) is 36.9 Å². The highest BCUT2D eigenvalue weighted by molar-refractivity contribution is 6.30. The zero-order valence-electron chi connectivity index (χ0n) is 20.9. The zero-order chi connectivity index (χ0) is 26.7. The van der Waals surface area contributed by atoms with Gasteiger partial charge in [0.05, 0.1) is 46.6 Å². The van der Waals surface area contributed by atoms with E-state index in [0.717, 1.165) is 18.9 Å². The van der Waals surface area contributed by atoms with E-state index >= 15 is 0 Å². The van der Waals surface area contributed by atoms with Crippen LogP contribution in [0, 0.1) is 23.1 Å². The van der Waals surface area contributed by atoms with Crippen LogP contribution >= 0.6 is 11.6 Å². The van der Waals surface area contributed by atoms with E-state index in [0.29, 0.717) is 16.4 Å². The molecule has 4 rings (SSSR count). The van der Waals surface area contributed by atoms with E-state index in [-0.39, 0.29) is 35.2 Å². The molecule has 12 heteroatoms. The predicted molar refractivity (Wildman–Crippen MR) is 138 cm³/mol. The molecule has 0 unspecified atom stereocenters. The molecule has 194 valence electrons. The molecule has 3 heterocycles. The molecule has 1 saturated carbocycles. The number of rotatable bonds is 8. The van der Waals surface area contributed by atoms with Gasteiger partial charge in [0, 0.05) is 12.2 Å². The lowest BCUT2D eigenvalue weighted by atomic mass is 10.0. The Hall–Kier alpha value is -3.91. The lowest BCUT2D eigenvalue weighted by Gasteiger charge is -2.28. The second-order valence-electron chi connectivity index (χ2n) is 9.93. The van der Waals surface area contributed by atoms with Gasteiger partial charge in [-0.05, 0) is 58.6 Å². The Morgan fingerprint density at radius 1 is 1.27 bits per heavy atom. The number of amides is 1. The molecule has 10 nitrogen and oxygen atoms in total. The summed E-state index contributed by atoms with van der Waals surface area (Å²) in [5.74, 6) is -0.305. The molecule has 3 N–H and O–H groups in total. The van der Waals surface area contributed by atoms with Crippen molar-refractivity contribution >= 4 is 35.0 Å². The number of hydrogen-bond donors (Lipinski definition) is 3. The van der Waals surface area contributed by atoms with Crippen molar-refractivity contribution in [3.63, 3.8) is 0 Å². The summed E-state index contributed by atoms with van der Waals surface area (Å²) in [7, 11) is 0. The number of carbonyl (C=O) groups excluding carboxylic acids is 1. The molecule has 0 bridgehead atoms. The minimum absolute atomic E-state index is 0.0264. The van der Waals surface area contributed by atoms with Crippen LogP contribution in [0.5, 0.6) is 0 Å². The molecule has 37 heavy (non-hydrogen) atoms. The number of hydrogen-bond acceptors (Lipinski definition) is 8. The molecule has 1 fully saturated rings. The smallest absolute Gasteiger partial charge is 0.407 e. The summed E-state index contributed by atoms with van der Waals surface area (Å²) in [6.45, 7) is 7.19. The standard InChI is InChI=1S/C25H28ClFN8O2/c1-14(31-24(36)37-25(2,3)4)21(15-5-6-15)33-23-20(27)7-16(9-28)22(34-23)32-18-8-19(12-29-11-18)35-13-17(26)10-30-35/h7-8,10-15,21H,5-6H2,1-4H3,(H,31,36)(H2,32,33,34)/t14-,21-/m0/s1. The summed E-state index contributed by atoms with van der Waals surface area (Å²) in [6.07, 6.45) is 7.62. The Kier molecular flexibility index (Phi) is 7.50. The molecule has 1 aliphatic rings. The highest BCUT2D eigenvalue weighted by Gasteiger charge is 2.37. The molecular weight excluding hydrogens is 499 g/mol. The lowest BCUT2D eigenvalue weighted by Crippen LogP contribution is -2.47. The number of alkyl carbamates (subject to hydrolysis) is 1. The average molecular weight is 527 g/mol. The van der Waals surface area contributed by atoms with Crippen LogP contribution in [0.2, 0.25) is 5.02 Å². The van der Waals surface area contributed by atoms with Crippen LogP contribution < -0.4 is 16.0 Å². The fourth-order valence-corrected chi connectivity index (χ4v) is 3.95. The van der Waals surface area contributed by atoms with Crippen LogP contribution in [0.4, 0.5) is 26.5 Å². The molecule has 0 spiro atoms. The Bertz CT molecular complexity index is 1330. The number of nitrogens with zero attached hydrogens (tertiary/aromatic N) is 5. The maximum atomic E-state index is 15.0. The van der Waals surface area contributed by atoms with E-state index in [1.165, 1.54) is 6.20 Å². The number of pyridine rings is 2. The summed E-state index contributed by atoms with van der Waals surface area (Å²) < 4.78 is 21.9. The average Bonchev–Trinajstić information content (AvgIpc) is 3.56. The highest BCUT2D eigenvalue weighted by atomic mass is 35.5. The lowest BCUT2D eigenvalue weighted by molar-refractivity contribution is 0.0501. The van der Waals surface area contributed by atoms with Crippen LogP contribution in [-0.4, -0.2) is 43.5 Å². The Morgan fingerprint density at radius 3 is 2.65 bits per heavy atom. The van der Waals surface area contributed by atoms with Crippen molar-refractivity contribution in [1.29, 1.82) is 5.26 Å². The molecule has 3 aromatic rings. The molecule has 2 atom stereocenters. The van der Waals surface area contributed by atoms with E-state index in [2.05, 4.69) is 31.0 Å². The van der Waals surface area contributed by atoms with Gasteiger partial charge in [0.25, 0.3) is 0 Å². The molecule has 3 aromatic heterocycles. The van der Waals surface area contributed by atoms with E-state index in [9.17, 15) is 14.4 Å². The van der Waals surface area contributed by atoms with Gasteiger partial charge in [-0.15, -0.1) is 0 Å². The van der Waals surface area contributed by atoms with E-state index in [1.807, 2.05) is 13.0 Å². The number of carbonyl (C=O) groups is 1. The van der Waals surface area contributed by atoms with Gasteiger partial charge in [-0.2, -0.15) is 10.4 Å². The third-order valence-electron chi connectivity index (χ3n) is 5.61. The summed E-state index contributed by atoms with van der Waals surface area (Å²) in [5.41, 5.74) is 0.540. The number of nitriles is 1. The third-order valence-corrected chi connectivity index (χ3v) is 5.81. The second kappa shape index (κ2) is 10.6. The largest absolute Gasteiger partial charge is 0.444 e. The van der Waals surface area contributed by atoms with Crippen molar-refractivity contribution in [2.75, 3.05) is 10.6 Å². The van der Waals surface area contributed by atoms with Gasteiger partial charge in [0.1, 0.15) is 11.7 Å². The van der Waals surface area contributed by atoms with Crippen LogP contribution in [-0.2, 0) is 4.74 Å². The molecule has 0 aliphatic heterocycles. The van der Waals surface area contributed by atoms with Gasteiger partial charge in [-0.3, -0.25) is 4.98 Å². The summed E-state index contributed by atoms with van der Waals surface area (Å²) in [5, 5.41) is 23.2. The summed E-state index contributed by atoms with van der Waals surface area (Å²) in [6, 6.07) is 4.19. The molecule has 0 aromatic carbocycles. The van der Waals surface area contributed by atoms with E-state index in [1.54, 1.807) is 50.1 Å². The number of anilines is 3. The van der Waals surface area contributed by atoms with Gasteiger partial charge in [-0.25, -0.2) is 18.9 Å². The minimum Gasteiger partial charge on any atom is -0.444 e. The fraction of sp³-hybridized carbons (Fsp3) is 0.400. The topological polar surface area (TPSA) is 130 Å². The van der Waals surface area contributed by atoms with Gasteiger partial charge in [0.2, 0.25) is 0 Å². The van der Waals surface area contributed by atoms with E-state index in [4.69, 9.17) is 16.3 Å². The third kappa shape index (κ3) is 6.86. The van der Waals surface area contributed by atoms with Crippen molar-refractivity contribution < 1.29 is 13.9 Å². The van der Waals surface area contributed by atoms with Crippen LogP contribution in [0.3, 0.4) is 0 Å². The Labute approximate surface area is 219 Å². The van der Waals surface area contributed by atoms with Crippen molar-refractivity contribution in [3.8, 4) is 11.8 Å². The number of halogens is 2. The normalized spacial score (nSPS) is 14.8. The highest BCUT2D eigenvalue weighted by Crippen LogP contribution is 2.36. The maximum Gasteiger partial charge on any atom is 0.407 e. The van der Waals surface area contributed by atoms with Gasteiger partial charge < -0.3 is 20.7 Å². The summed E-state index contributed by atoms with van der Waals surface area (Å²) in [4.78, 5) is 20.9. The van der Waals surface area contributed by atoms with Crippen molar-refractivity contribution in [1.82, 2.24) is 25.1 Å². The van der Waals surface area contributed by atoms with Crippen LogP contribution in [0.25, 0.3) is 5.69 Å². The first-order valence-corrected chi connectivity index (χ1v) is 12.2. The van der Waals surface area contributed by atoms with Gasteiger partial charge in [-0.1, -0.05) is 11.6 Å². The molecule has 0 saturated heterocycles. The number of aromatic nitrogens is 4. The predicted octanol–water partition coefficient (Wildman–Crippen LogP) is 5.17. The Balaban J connectivity index is 1.55. The number of ether oxygens (including phenoxy) is 1. The van der Waals surface area contributed by atoms with Gasteiger partial charge in [0.15, 0.2) is 17.5 Å². The molecule has 1 amide bonds. The fourth-order valence-electron chi connectivity index (χ4n) is 3.82. The van der Waals surface area contributed by atoms with Crippen molar-refractivity contribution in [3.05, 3.63) is 53.3 Å². The zero-order valence-corrected chi connectivity index (χ0v) is 21.7. The molecule has 0 radical (unpaired) electrons. The van der Waals surface area contributed by atoms with Crippen LogP contribution in [0.1, 0.15) is 46.1 Å². The summed E-state index contributed by atoms with van der Waals surface area (Å²) >= 11 is 5.96. The second-order valence-corrected chi connectivity index (χ2v) is 10.4. The first kappa shape index (κ1) is 26.2. The molecular formula is C25H28ClFN8O2. The van der Waals surface area contributed by atoms with Crippen molar-refractivity contribution in [2.45, 2.75) is 58.2 Å². The number of nitrogens with one attached hydrogen (secondary N) is 3. The van der Waals surface area contributed by atoms with E-state index < -0.39 is 17.5 Å². The SMILES string of the molecule is C[C@H](NC(=O)OC(C)(C)C)[C@H](Nc1nc(Nc2cncc(-n3cc(Cl)cn3)c2)c(C#N)cc1F)C1CC1. The van der Waals surface area contributed by atoms with Gasteiger partial charge >= 0.3 is 6.09 Å². The first-order valence-electron chi connectivity index (χ1n) is 11.8. The van der Waals surface area contributed by atoms with Crippen molar-refractivity contribution in [2.24, 2.45) is 5.92 Å². The maximum absolute atomic E-state index is 15.0. The minimum atomic E-state index is -0.671. The quantitative estimate of drug-likeness (QED) is 0.366. The Morgan fingerprint density at radius 2 is 2.03 bits per heavy atom.